The second-order valence-corrected chi connectivity index (χ2v) is 8.19. The van der Waals surface area contributed by atoms with E-state index in [4.69, 9.17) is 9.72 Å². The number of anilines is 1. The van der Waals surface area contributed by atoms with Crippen LogP contribution in [0.3, 0.4) is 0 Å². The summed E-state index contributed by atoms with van der Waals surface area (Å²) in [6, 6.07) is 21.4. The lowest BCUT2D eigenvalue weighted by Crippen LogP contribution is -2.31. The molecule has 0 unspecified atom stereocenters. The maximum Gasteiger partial charge on any atom is 0.279 e. The van der Waals surface area contributed by atoms with Gasteiger partial charge in [0.05, 0.1) is 29.6 Å². The van der Waals surface area contributed by atoms with Gasteiger partial charge in [-0.1, -0.05) is 47.7 Å². The quantitative estimate of drug-likeness (QED) is 0.390. The second-order valence-electron chi connectivity index (χ2n) is 7.18. The van der Waals surface area contributed by atoms with E-state index in [1.165, 1.54) is 11.3 Å². The number of ether oxygens (including phenoxy) is 1. The van der Waals surface area contributed by atoms with Crippen LogP contribution in [-0.4, -0.2) is 27.4 Å². The van der Waals surface area contributed by atoms with E-state index in [9.17, 15) is 4.79 Å². The van der Waals surface area contributed by atoms with Gasteiger partial charge in [-0.2, -0.15) is 0 Å². The highest BCUT2D eigenvalue weighted by Crippen LogP contribution is 2.33. The Morgan fingerprint density at radius 2 is 1.87 bits per heavy atom. The average Bonchev–Trinajstić information content (AvgIpc) is 3.37. The molecule has 0 atom stereocenters. The molecule has 2 aromatic carbocycles. The lowest BCUT2D eigenvalue weighted by atomic mass is 10.2. The third-order valence-corrected chi connectivity index (χ3v) is 6.21. The number of amides is 1. The zero-order valence-electron chi connectivity index (χ0n) is 17.1. The lowest BCUT2D eigenvalue weighted by Gasteiger charge is -2.20. The molecule has 0 saturated carbocycles. The van der Waals surface area contributed by atoms with Gasteiger partial charge >= 0.3 is 0 Å². The van der Waals surface area contributed by atoms with Crippen molar-refractivity contribution in [1.82, 2.24) is 14.4 Å². The van der Waals surface area contributed by atoms with E-state index in [0.717, 1.165) is 27.2 Å². The average molecular weight is 429 g/mol. The summed E-state index contributed by atoms with van der Waals surface area (Å²) in [6.07, 6.45) is 1.87. The molecule has 0 fully saturated rings. The first-order chi connectivity index (χ1) is 15.1. The number of hydrogen-bond donors (Lipinski definition) is 0. The fourth-order valence-corrected chi connectivity index (χ4v) is 4.57. The third kappa shape index (κ3) is 3.53. The van der Waals surface area contributed by atoms with Crippen molar-refractivity contribution < 1.29 is 9.53 Å². The molecule has 3 aromatic heterocycles. The minimum absolute atomic E-state index is 0.133. The van der Waals surface area contributed by atoms with Gasteiger partial charge in [0.15, 0.2) is 5.13 Å². The third-order valence-electron chi connectivity index (χ3n) is 5.15. The number of aromatic nitrogens is 3. The number of methoxy groups -OCH3 is 1. The molecule has 0 saturated heterocycles. The zero-order chi connectivity index (χ0) is 21.4. The molecular formula is C24H20N4O2S. The second kappa shape index (κ2) is 7.85. The van der Waals surface area contributed by atoms with Gasteiger partial charge in [-0.25, -0.2) is 9.97 Å². The molecular weight excluding hydrogens is 408 g/mol. The molecule has 0 radical (unpaired) electrons. The molecule has 7 heteroatoms. The maximum atomic E-state index is 13.9. The van der Waals surface area contributed by atoms with Crippen LogP contribution in [-0.2, 0) is 6.54 Å². The Morgan fingerprint density at radius 3 is 2.68 bits per heavy atom. The molecule has 0 bridgehead atoms. The predicted molar refractivity (Wildman–Crippen MR) is 123 cm³/mol. The van der Waals surface area contributed by atoms with Crippen LogP contribution in [0.4, 0.5) is 5.13 Å². The van der Waals surface area contributed by atoms with E-state index in [0.29, 0.717) is 23.1 Å². The van der Waals surface area contributed by atoms with Crippen molar-refractivity contribution in [3.63, 3.8) is 0 Å². The number of rotatable bonds is 5. The van der Waals surface area contributed by atoms with Crippen LogP contribution in [0.1, 0.15) is 21.7 Å². The van der Waals surface area contributed by atoms with Crippen LogP contribution in [0.25, 0.3) is 15.9 Å². The number of nitrogens with zero attached hydrogens (tertiary/aromatic N) is 4. The highest BCUT2D eigenvalue weighted by Gasteiger charge is 2.26. The van der Waals surface area contributed by atoms with Crippen LogP contribution in [0.2, 0.25) is 0 Å². The summed E-state index contributed by atoms with van der Waals surface area (Å²) in [5, 5.41) is 0.641. The Labute approximate surface area is 183 Å². The van der Waals surface area contributed by atoms with E-state index in [-0.39, 0.29) is 5.91 Å². The van der Waals surface area contributed by atoms with Crippen LogP contribution in [0, 0.1) is 6.92 Å². The Hall–Kier alpha value is -3.71. The van der Waals surface area contributed by atoms with Crippen molar-refractivity contribution in [2.24, 2.45) is 0 Å². The van der Waals surface area contributed by atoms with Crippen LogP contribution < -0.4 is 9.64 Å². The van der Waals surface area contributed by atoms with Gasteiger partial charge in [0.2, 0.25) is 0 Å². The molecule has 3 heterocycles. The molecule has 0 spiro atoms. The summed E-state index contributed by atoms with van der Waals surface area (Å²) in [7, 11) is 1.63. The van der Waals surface area contributed by atoms with Crippen LogP contribution in [0.15, 0.2) is 72.9 Å². The smallest absolute Gasteiger partial charge is 0.279 e. The van der Waals surface area contributed by atoms with Crippen LogP contribution in [0.5, 0.6) is 5.75 Å². The number of thiazole rings is 1. The number of fused-ring (bicyclic) bond motifs is 2. The number of benzene rings is 2. The van der Waals surface area contributed by atoms with E-state index in [2.05, 4.69) is 4.98 Å². The molecule has 6 nitrogen and oxygen atoms in total. The summed E-state index contributed by atoms with van der Waals surface area (Å²) in [6.45, 7) is 2.28. The molecule has 5 aromatic rings. The Bertz CT molecular complexity index is 1390. The number of pyridine rings is 1. The fourth-order valence-electron chi connectivity index (χ4n) is 3.63. The zero-order valence-corrected chi connectivity index (χ0v) is 18.0. The van der Waals surface area contributed by atoms with E-state index >= 15 is 0 Å². The van der Waals surface area contributed by atoms with E-state index < -0.39 is 0 Å². The van der Waals surface area contributed by atoms with Gasteiger partial charge in [-0.15, -0.1) is 0 Å². The standard InChI is InChI=1S/C24H20N4O2S/c1-16-22(27-13-7-6-10-21(27)25-16)23(29)28(15-17-8-4-3-5-9-17)24-26-19-14-18(30-2)11-12-20(19)31-24/h3-14H,15H2,1-2H3. The Kier molecular flexibility index (Phi) is 4.88. The molecule has 0 N–H and O–H groups in total. The fraction of sp³-hybridized carbons (Fsp3) is 0.125. The van der Waals surface area contributed by atoms with Gasteiger partial charge in [-0.3, -0.25) is 14.1 Å². The van der Waals surface area contributed by atoms with Gasteiger partial charge in [0, 0.05) is 12.3 Å². The summed E-state index contributed by atoms with van der Waals surface area (Å²) in [5.74, 6) is 0.606. The number of hydrogen-bond acceptors (Lipinski definition) is 5. The highest BCUT2D eigenvalue weighted by atomic mass is 32.1. The maximum absolute atomic E-state index is 13.9. The van der Waals surface area contributed by atoms with Crippen molar-refractivity contribution in [2.45, 2.75) is 13.5 Å². The van der Waals surface area contributed by atoms with Crippen LogP contribution >= 0.6 is 11.3 Å². The predicted octanol–water partition coefficient (Wildman–Crippen LogP) is 5.11. The molecule has 0 aliphatic carbocycles. The minimum Gasteiger partial charge on any atom is -0.497 e. The Balaban J connectivity index is 1.63. The van der Waals surface area contributed by atoms with Crippen molar-refractivity contribution in [3.8, 4) is 5.75 Å². The largest absolute Gasteiger partial charge is 0.497 e. The first-order valence-corrected chi connectivity index (χ1v) is 10.7. The van der Waals surface area contributed by atoms with Gasteiger partial charge in [0.25, 0.3) is 5.91 Å². The van der Waals surface area contributed by atoms with Crippen molar-refractivity contribution in [2.75, 3.05) is 12.0 Å². The van der Waals surface area contributed by atoms with Gasteiger partial charge in [0.1, 0.15) is 17.1 Å². The summed E-state index contributed by atoms with van der Waals surface area (Å²) < 4.78 is 8.17. The Morgan fingerprint density at radius 1 is 1.06 bits per heavy atom. The molecule has 1 amide bonds. The van der Waals surface area contributed by atoms with Gasteiger partial charge < -0.3 is 4.74 Å². The first kappa shape index (κ1) is 19.3. The first-order valence-electron chi connectivity index (χ1n) is 9.88. The molecule has 154 valence electrons. The number of aryl methyl sites for hydroxylation is 1. The lowest BCUT2D eigenvalue weighted by molar-refractivity contribution is 0.0979. The molecule has 0 aliphatic rings. The summed E-state index contributed by atoms with van der Waals surface area (Å²) in [5.41, 5.74) is 3.82. The highest BCUT2D eigenvalue weighted by molar-refractivity contribution is 7.22. The minimum atomic E-state index is -0.133. The van der Waals surface area contributed by atoms with Crippen molar-refractivity contribution >= 4 is 38.2 Å². The van der Waals surface area contributed by atoms with Crippen molar-refractivity contribution in [3.05, 3.63) is 89.9 Å². The normalized spacial score (nSPS) is 11.2. The van der Waals surface area contributed by atoms with E-state index in [1.807, 2.05) is 84.3 Å². The molecule has 0 aliphatic heterocycles. The summed E-state index contributed by atoms with van der Waals surface area (Å²) >= 11 is 1.49. The number of carbonyl (C=O) groups is 1. The topological polar surface area (TPSA) is 59.7 Å². The molecule has 31 heavy (non-hydrogen) atoms. The van der Waals surface area contributed by atoms with E-state index in [1.54, 1.807) is 12.0 Å². The summed E-state index contributed by atoms with van der Waals surface area (Å²) in [4.78, 5) is 24.9. The SMILES string of the molecule is COc1ccc2sc(N(Cc3ccccc3)C(=O)c3c(C)nc4ccccn34)nc2c1. The molecule has 5 rings (SSSR count). The van der Waals surface area contributed by atoms with Crippen molar-refractivity contribution in [1.29, 1.82) is 0 Å². The monoisotopic (exact) mass is 428 g/mol. The van der Waals surface area contributed by atoms with Gasteiger partial charge in [-0.05, 0) is 36.8 Å². The number of imidazole rings is 1. The number of carbonyl (C=O) groups excluding carboxylic acids is 1.